The summed E-state index contributed by atoms with van der Waals surface area (Å²) < 4.78 is 15.2. The fourth-order valence-corrected chi connectivity index (χ4v) is 4.83. The minimum Gasteiger partial charge on any atom is -0.460 e. The molecule has 4 aromatic rings. The molecule has 0 aliphatic rings. The molecule has 1 aromatic heterocycles. The first-order valence-corrected chi connectivity index (χ1v) is 12.6. The lowest BCUT2D eigenvalue weighted by Gasteiger charge is -2.15. The predicted octanol–water partition coefficient (Wildman–Crippen LogP) is 7.72. The molecule has 1 N–H and O–H groups in total. The Morgan fingerprint density at radius 3 is 2.17 bits per heavy atom. The Hall–Kier alpha value is -3.97. The molecule has 7 heteroatoms. The van der Waals surface area contributed by atoms with E-state index in [-0.39, 0.29) is 12.2 Å². The van der Waals surface area contributed by atoms with Gasteiger partial charge >= 0.3 is 6.09 Å². The van der Waals surface area contributed by atoms with Crippen molar-refractivity contribution in [3.63, 3.8) is 0 Å². The van der Waals surface area contributed by atoms with E-state index in [0.29, 0.717) is 12.2 Å². The summed E-state index contributed by atoms with van der Waals surface area (Å²) in [6.45, 7) is 6.19. The largest absolute Gasteiger partial charge is 0.460 e. The van der Waals surface area contributed by atoms with Gasteiger partial charge in [0.2, 0.25) is 0 Å². The predicted molar refractivity (Wildman–Crippen MR) is 143 cm³/mol. The van der Waals surface area contributed by atoms with E-state index in [1.165, 1.54) is 11.5 Å². The van der Waals surface area contributed by atoms with Crippen LogP contribution in [0.15, 0.2) is 78.9 Å². The lowest BCUT2D eigenvalue weighted by molar-refractivity contribution is -0.134. The number of hydrogen-bond acceptors (Lipinski definition) is 6. The number of carbonyl (C=O) groups is 2. The number of benzene rings is 3. The number of nitrogens with zero attached hydrogens (tertiary/aromatic N) is 1. The third-order valence-corrected chi connectivity index (χ3v) is 6.98. The minimum atomic E-state index is -0.517. The van der Waals surface area contributed by atoms with E-state index in [2.05, 4.69) is 9.69 Å². The Morgan fingerprint density at radius 1 is 0.944 bits per heavy atom. The molecule has 0 aliphatic heterocycles. The smallest absolute Gasteiger partial charge is 0.412 e. The van der Waals surface area contributed by atoms with Crippen LogP contribution in [0.5, 0.6) is 0 Å². The third-order valence-electron chi connectivity index (χ3n) is 6.00. The number of amides is 1. The zero-order valence-corrected chi connectivity index (χ0v) is 21.2. The molecule has 0 fully saturated rings. The number of hydrogen-bond donors (Lipinski definition) is 1. The van der Waals surface area contributed by atoms with Crippen LogP contribution in [-0.2, 0) is 14.3 Å². The van der Waals surface area contributed by atoms with Gasteiger partial charge in [-0.2, -0.15) is 4.37 Å². The van der Waals surface area contributed by atoms with E-state index in [9.17, 15) is 9.59 Å². The molecule has 0 spiro atoms. The van der Waals surface area contributed by atoms with E-state index in [4.69, 9.17) is 9.47 Å². The van der Waals surface area contributed by atoms with Crippen LogP contribution in [0.4, 0.5) is 10.5 Å². The van der Waals surface area contributed by atoms with Gasteiger partial charge in [0.1, 0.15) is 12.2 Å². The second-order valence-corrected chi connectivity index (χ2v) is 9.16. The summed E-state index contributed by atoms with van der Waals surface area (Å²) >= 11 is 1.34. The van der Waals surface area contributed by atoms with Gasteiger partial charge in [-0.05, 0) is 59.6 Å². The van der Waals surface area contributed by atoms with Crippen molar-refractivity contribution in [1.82, 2.24) is 4.37 Å². The van der Waals surface area contributed by atoms with E-state index in [1.807, 2.05) is 99.6 Å². The van der Waals surface area contributed by atoms with E-state index in [1.54, 1.807) is 0 Å². The Morgan fingerprint density at radius 2 is 1.56 bits per heavy atom. The maximum Gasteiger partial charge on any atom is 0.412 e. The number of nitrogens with one attached hydrogen (secondary N) is 1. The van der Waals surface area contributed by atoms with Crippen LogP contribution in [-0.4, -0.2) is 16.9 Å². The van der Waals surface area contributed by atoms with Gasteiger partial charge in [0.15, 0.2) is 0 Å². The van der Waals surface area contributed by atoms with Crippen LogP contribution in [0.2, 0.25) is 0 Å². The van der Waals surface area contributed by atoms with Gasteiger partial charge in [-0.1, -0.05) is 85.8 Å². The fourth-order valence-electron chi connectivity index (χ4n) is 3.98. The molecule has 2 atom stereocenters. The van der Waals surface area contributed by atoms with Crippen molar-refractivity contribution in [2.24, 2.45) is 0 Å². The molecule has 0 saturated carbocycles. The molecular formula is C29H28N2O4S. The molecule has 1 heterocycles. The summed E-state index contributed by atoms with van der Waals surface area (Å²) in [7, 11) is 0. The highest BCUT2D eigenvalue weighted by atomic mass is 32.1. The summed E-state index contributed by atoms with van der Waals surface area (Å²) in [5, 5.41) is 2.89. The lowest BCUT2D eigenvalue weighted by Crippen LogP contribution is -2.16. The first-order chi connectivity index (χ1) is 17.5. The van der Waals surface area contributed by atoms with Crippen molar-refractivity contribution in [3.05, 3.63) is 95.7 Å². The van der Waals surface area contributed by atoms with Crippen LogP contribution >= 0.6 is 11.5 Å². The monoisotopic (exact) mass is 500 g/mol. The average Bonchev–Trinajstić information content (AvgIpc) is 3.27. The van der Waals surface area contributed by atoms with Gasteiger partial charge in [0.25, 0.3) is 6.47 Å². The first-order valence-electron chi connectivity index (χ1n) is 11.8. The van der Waals surface area contributed by atoms with Crippen LogP contribution < -0.4 is 5.32 Å². The van der Waals surface area contributed by atoms with E-state index < -0.39 is 6.09 Å². The van der Waals surface area contributed by atoms with E-state index >= 15 is 0 Å². The Kier molecular flexibility index (Phi) is 8.13. The highest BCUT2D eigenvalue weighted by molar-refractivity contribution is 7.10. The molecule has 3 aromatic carbocycles. The quantitative estimate of drug-likeness (QED) is 0.238. The van der Waals surface area contributed by atoms with Crippen molar-refractivity contribution in [2.75, 3.05) is 5.32 Å². The topological polar surface area (TPSA) is 77.5 Å². The van der Waals surface area contributed by atoms with E-state index in [0.717, 1.165) is 44.8 Å². The first kappa shape index (κ1) is 25.1. The number of ether oxygens (including phenoxy) is 2. The molecule has 0 saturated heterocycles. The fraction of sp³-hybridized carbons (Fsp3) is 0.207. The molecule has 0 aliphatic carbocycles. The highest BCUT2D eigenvalue weighted by Gasteiger charge is 2.18. The summed E-state index contributed by atoms with van der Waals surface area (Å²) in [5.74, 6) is 0. The minimum absolute atomic E-state index is 0.234. The molecule has 1 unspecified atom stereocenters. The summed E-state index contributed by atoms with van der Waals surface area (Å²) in [5.41, 5.74) is 6.36. The molecule has 184 valence electrons. The normalized spacial score (nSPS) is 12.4. The van der Waals surface area contributed by atoms with Crippen molar-refractivity contribution >= 4 is 29.8 Å². The van der Waals surface area contributed by atoms with Gasteiger partial charge < -0.3 is 9.47 Å². The lowest BCUT2D eigenvalue weighted by atomic mass is 9.99. The standard InChI is InChI=1S/C29H28N2O4S/c1-4-26(34-18-32)24-14-10-22(11-15-24)23-12-16-25(17-13-23)28-27(19(2)31-36-28)30-29(33)35-20(3)21-8-6-5-7-9-21/h5-18,20,26H,4H2,1-3H3,(H,30,33)/t20-,26?/m1/s1. The maximum absolute atomic E-state index is 12.6. The third kappa shape index (κ3) is 5.80. The van der Waals surface area contributed by atoms with Gasteiger partial charge in [-0.25, -0.2) is 4.79 Å². The molecule has 4 rings (SSSR count). The van der Waals surface area contributed by atoms with Crippen LogP contribution in [0.1, 0.15) is 49.3 Å². The average molecular weight is 501 g/mol. The van der Waals surface area contributed by atoms with Gasteiger partial charge in [0.05, 0.1) is 16.3 Å². The maximum atomic E-state index is 12.6. The summed E-state index contributed by atoms with van der Waals surface area (Å²) in [6, 6.07) is 25.7. The number of aromatic nitrogens is 1. The van der Waals surface area contributed by atoms with Crippen molar-refractivity contribution in [2.45, 2.75) is 39.4 Å². The van der Waals surface area contributed by atoms with Gasteiger partial charge in [0, 0.05) is 0 Å². The van der Waals surface area contributed by atoms with Crippen LogP contribution in [0.3, 0.4) is 0 Å². The van der Waals surface area contributed by atoms with Crippen molar-refractivity contribution in [3.8, 4) is 21.6 Å². The summed E-state index contributed by atoms with van der Waals surface area (Å²) in [6.07, 6.45) is -0.404. The molecular weight excluding hydrogens is 472 g/mol. The second kappa shape index (κ2) is 11.6. The molecule has 1 amide bonds. The number of aryl methyl sites for hydroxylation is 1. The van der Waals surface area contributed by atoms with Crippen molar-refractivity contribution < 1.29 is 19.1 Å². The van der Waals surface area contributed by atoms with Gasteiger partial charge in [-0.3, -0.25) is 10.1 Å². The second-order valence-electron chi connectivity index (χ2n) is 8.38. The Balaban J connectivity index is 1.47. The molecule has 0 bridgehead atoms. The number of rotatable bonds is 9. The SMILES string of the molecule is CCC(OC=O)c1ccc(-c2ccc(-c3snc(C)c3NC(=O)O[C@H](C)c3ccccc3)cc2)cc1. The van der Waals surface area contributed by atoms with Crippen LogP contribution in [0.25, 0.3) is 21.6 Å². The zero-order chi connectivity index (χ0) is 25.5. The van der Waals surface area contributed by atoms with Crippen LogP contribution in [0, 0.1) is 6.92 Å². The highest BCUT2D eigenvalue weighted by Crippen LogP contribution is 2.36. The molecule has 0 radical (unpaired) electrons. The van der Waals surface area contributed by atoms with Gasteiger partial charge in [-0.15, -0.1) is 0 Å². The number of anilines is 1. The zero-order valence-electron chi connectivity index (χ0n) is 20.4. The van der Waals surface area contributed by atoms with Crippen molar-refractivity contribution in [1.29, 1.82) is 0 Å². The molecule has 36 heavy (non-hydrogen) atoms. The molecule has 6 nitrogen and oxygen atoms in total. The summed E-state index contributed by atoms with van der Waals surface area (Å²) in [4.78, 5) is 24.2. The number of carbonyl (C=O) groups excluding carboxylic acids is 2. The Labute approximate surface area is 215 Å². The Bertz CT molecular complexity index is 1300.